The molecular weight excluding hydrogens is 476 g/mol. The van der Waals surface area contributed by atoms with Crippen LogP contribution in [0.5, 0.6) is 0 Å². The summed E-state index contributed by atoms with van der Waals surface area (Å²) in [5.41, 5.74) is 1.39. The summed E-state index contributed by atoms with van der Waals surface area (Å²) in [7, 11) is 0. The summed E-state index contributed by atoms with van der Waals surface area (Å²) in [6, 6.07) is 24.6. The number of benzene rings is 5. The van der Waals surface area contributed by atoms with E-state index in [-0.39, 0.29) is 24.7 Å². The highest BCUT2D eigenvalue weighted by Crippen LogP contribution is 2.41. The van der Waals surface area contributed by atoms with Crippen LogP contribution in [0.1, 0.15) is 51.7 Å². The van der Waals surface area contributed by atoms with Gasteiger partial charge in [0, 0.05) is 23.6 Å². The van der Waals surface area contributed by atoms with Crippen molar-refractivity contribution < 1.29 is 19.8 Å². The van der Waals surface area contributed by atoms with Crippen molar-refractivity contribution in [1.29, 1.82) is 10.5 Å². The fourth-order valence-corrected chi connectivity index (χ4v) is 4.60. The third kappa shape index (κ3) is 5.99. The van der Waals surface area contributed by atoms with E-state index in [2.05, 4.69) is 24.3 Å². The molecule has 5 aromatic carbocycles. The number of aliphatic carboxylic acids is 2. The number of carbonyl (C=O) groups is 2. The lowest BCUT2D eigenvalue weighted by molar-refractivity contribution is -0.138. The van der Waals surface area contributed by atoms with E-state index < -0.39 is 11.9 Å². The van der Waals surface area contributed by atoms with Crippen LogP contribution in [-0.4, -0.2) is 22.2 Å². The molecular formula is C32H30N2O4. The Bertz CT molecular complexity index is 1560. The van der Waals surface area contributed by atoms with Crippen molar-refractivity contribution in [1.82, 2.24) is 0 Å². The van der Waals surface area contributed by atoms with Crippen LogP contribution in [0, 0.1) is 34.5 Å². The number of carboxylic acids is 2. The molecule has 0 aromatic heterocycles. The van der Waals surface area contributed by atoms with E-state index >= 15 is 0 Å². The van der Waals surface area contributed by atoms with Gasteiger partial charge in [0.15, 0.2) is 0 Å². The molecule has 5 rings (SSSR count). The zero-order valence-electron chi connectivity index (χ0n) is 21.9. The maximum atomic E-state index is 9.81. The predicted molar refractivity (Wildman–Crippen MR) is 151 cm³/mol. The van der Waals surface area contributed by atoms with Gasteiger partial charge in [-0.25, -0.2) is 0 Å². The molecule has 0 saturated carbocycles. The number of fused-ring (bicyclic) bond motifs is 2. The third-order valence-electron chi connectivity index (χ3n) is 6.07. The Morgan fingerprint density at radius 2 is 0.921 bits per heavy atom. The third-order valence-corrected chi connectivity index (χ3v) is 6.07. The molecule has 2 N–H and O–H groups in total. The van der Waals surface area contributed by atoms with Gasteiger partial charge in [-0.15, -0.1) is 0 Å². The number of rotatable bonds is 4. The summed E-state index contributed by atoms with van der Waals surface area (Å²) in [5.74, 6) is -0.875. The van der Waals surface area contributed by atoms with E-state index in [9.17, 15) is 20.1 Å². The number of hydrogen-bond acceptors (Lipinski definition) is 4. The highest BCUT2D eigenvalue weighted by atomic mass is 16.4. The molecule has 0 heterocycles. The molecule has 0 saturated heterocycles. The lowest BCUT2D eigenvalue weighted by Gasteiger charge is -2.15. The summed E-state index contributed by atoms with van der Waals surface area (Å²) in [5, 5.41) is 43.8. The van der Waals surface area contributed by atoms with Gasteiger partial charge in [0.05, 0.1) is 23.3 Å². The first-order valence-electron chi connectivity index (χ1n) is 12.4. The molecule has 6 heteroatoms. The number of carboxylic acid groups (broad SMARTS) is 2. The smallest absolute Gasteiger partial charge is 0.303 e. The molecule has 0 bridgehead atoms. The van der Waals surface area contributed by atoms with Crippen molar-refractivity contribution in [2.45, 2.75) is 40.5 Å². The highest BCUT2D eigenvalue weighted by Gasteiger charge is 2.15. The van der Waals surface area contributed by atoms with Crippen LogP contribution < -0.4 is 0 Å². The fourth-order valence-electron chi connectivity index (χ4n) is 4.60. The maximum absolute atomic E-state index is 9.81. The fraction of sp³-hybridized carbons (Fsp3) is 0.250. The van der Waals surface area contributed by atoms with Gasteiger partial charge in [0.1, 0.15) is 0 Å². The molecule has 0 radical (unpaired) electrons. The second kappa shape index (κ2) is 12.0. The van der Waals surface area contributed by atoms with Gasteiger partial charge in [0.2, 0.25) is 0 Å². The van der Waals surface area contributed by atoms with Gasteiger partial charge in [-0.1, -0.05) is 76.2 Å². The van der Waals surface area contributed by atoms with Gasteiger partial charge < -0.3 is 10.2 Å². The minimum absolute atomic E-state index is 0.275. The monoisotopic (exact) mass is 506 g/mol. The Morgan fingerprint density at radius 3 is 1.18 bits per heavy atom. The second-order valence-electron chi connectivity index (χ2n) is 9.98. The zero-order chi connectivity index (χ0) is 28.0. The highest BCUT2D eigenvalue weighted by molar-refractivity contribution is 6.33. The minimum Gasteiger partial charge on any atom is -0.481 e. The lowest BCUT2D eigenvalue weighted by Crippen LogP contribution is -1.99. The average molecular weight is 507 g/mol. The normalized spacial score (nSPS) is 10.6. The second-order valence-corrected chi connectivity index (χ2v) is 9.98. The van der Waals surface area contributed by atoms with E-state index in [1.165, 1.54) is 0 Å². The molecule has 0 aliphatic heterocycles. The van der Waals surface area contributed by atoms with Crippen LogP contribution in [0.15, 0.2) is 60.7 Å². The van der Waals surface area contributed by atoms with Crippen LogP contribution in [0.4, 0.5) is 0 Å². The first-order chi connectivity index (χ1) is 18.1. The van der Waals surface area contributed by atoms with Crippen molar-refractivity contribution in [2.75, 3.05) is 0 Å². The van der Waals surface area contributed by atoms with Crippen LogP contribution in [0.2, 0.25) is 0 Å². The van der Waals surface area contributed by atoms with Crippen molar-refractivity contribution >= 4 is 55.0 Å². The van der Waals surface area contributed by atoms with Gasteiger partial charge >= 0.3 is 11.9 Å². The average Bonchev–Trinajstić information content (AvgIpc) is 2.85. The number of nitriles is 2. The van der Waals surface area contributed by atoms with Crippen molar-refractivity contribution in [3.63, 3.8) is 0 Å². The van der Waals surface area contributed by atoms with Crippen molar-refractivity contribution in [3.8, 4) is 12.1 Å². The van der Waals surface area contributed by atoms with Gasteiger partial charge in [-0.2, -0.15) is 10.5 Å². The zero-order valence-corrected chi connectivity index (χ0v) is 21.9. The molecule has 6 nitrogen and oxygen atoms in total. The largest absolute Gasteiger partial charge is 0.481 e. The molecule has 5 aromatic rings. The molecule has 38 heavy (non-hydrogen) atoms. The SMILES string of the molecule is CC(C)CC(=O)O.CC(C)CC(=O)O.N#Cc1ccc2c3ccc(C#N)c4cccc(c5cccc1c52)c43. The summed E-state index contributed by atoms with van der Waals surface area (Å²) in [4.78, 5) is 19.6. The number of nitrogens with zero attached hydrogens (tertiary/aromatic N) is 2. The van der Waals surface area contributed by atoms with Crippen molar-refractivity contribution in [3.05, 3.63) is 71.8 Å². The molecule has 0 aliphatic carbocycles. The van der Waals surface area contributed by atoms with Crippen LogP contribution >= 0.6 is 0 Å². The van der Waals surface area contributed by atoms with Crippen LogP contribution in [0.3, 0.4) is 0 Å². The Kier molecular flexibility index (Phi) is 8.84. The van der Waals surface area contributed by atoms with Crippen LogP contribution in [-0.2, 0) is 9.59 Å². The molecule has 0 aliphatic rings. The standard InChI is InChI=1S/C22H10N2.2C5H10O2/c23-11-13-7-9-19-20-10-8-14(12-24)16-4-2-6-18(22(16)20)17-5-1-3-15(13)21(17)19;2*1-4(2)3-5(6)7/h1-10H;2*4H,3H2,1-2H3,(H,6,7). The minimum atomic E-state index is -0.713. The molecule has 192 valence electrons. The first kappa shape index (κ1) is 27.9. The topological polar surface area (TPSA) is 122 Å². The van der Waals surface area contributed by atoms with Gasteiger partial charge in [-0.05, 0) is 56.3 Å². The van der Waals surface area contributed by atoms with E-state index in [0.29, 0.717) is 11.1 Å². The summed E-state index contributed by atoms with van der Waals surface area (Å²) in [6.45, 7) is 7.53. The summed E-state index contributed by atoms with van der Waals surface area (Å²) in [6.07, 6.45) is 0.556. The molecule has 0 unspecified atom stereocenters. The Balaban J connectivity index is 0.000000239. The van der Waals surface area contributed by atoms with Gasteiger partial charge in [-0.3, -0.25) is 9.59 Å². The van der Waals surface area contributed by atoms with E-state index in [4.69, 9.17) is 10.2 Å². The molecule has 0 fully saturated rings. The first-order valence-corrected chi connectivity index (χ1v) is 12.4. The van der Waals surface area contributed by atoms with E-state index in [0.717, 1.165) is 43.1 Å². The van der Waals surface area contributed by atoms with Gasteiger partial charge in [0.25, 0.3) is 0 Å². The van der Waals surface area contributed by atoms with Crippen LogP contribution in [0.25, 0.3) is 43.1 Å². The quantitative estimate of drug-likeness (QED) is 0.190. The van der Waals surface area contributed by atoms with E-state index in [1.807, 2.05) is 76.2 Å². The predicted octanol–water partition coefficient (Wildman–Crippen LogP) is 7.71. The maximum Gasteiger partial charge on any atom is 0.303 e. The number of hydrogen-bond donors (Lipinski definition) is 2. The molecule has 0 amide bonds. The Hall–Kier alpha value is -4.68. The van der Waals surface area contributed by atoms with E-state index in [1.54, 1.807) is 0 Å². The summed E-state index contributed by atoms with van der Waals surface area (Å²) >= 11 is 0. The Morgan fingerprint density at radius 1 is 0.605 bits per heavy atom. The molecule has 0 atom stereocenters. The summed E-state index contributed by atoms with van der Waals surface area (Å²) < 4.78 is 0. The lowest BCUT2D eigenvalue weighted by atomic mass is 9.87. The molecule has 0 spiro atoms. The Labute approximate surface area is 221 Å². The van der Waals surface area contributed by atoms with Crippen molar-refractivity contribution in [2.24, 2.45) is 11.8 Å².